The Morgan fingerprint density at radius 3 is 3.06 bits per heavy atom. The first-order valence-electron chi connectivity index (χ1n) is 5.44. The topological polar surface area (TPSA) is 53.4 Å². The fraction of sp³-hybridized carbons (Fsp3) is 0.167. The van der Waals surface area contributed by atoms with E-state index in [2.05, 4.69) is 9.88 Å². The van der Waals surface area contributed by atoms with E-state index >= 15 is 0 Å². The van der Waals surface area contributed by atoms with Gasteiger partial charge in [0.15, 0.2) is 0 Å². The van der Waals surface area contributed by atoms with E-state index < -0.39 is 5.97 Å². The van der Waals surface area contributed by atoms with E-state index in [0.717, 1.165) is 28.0 Å². The van der Waals surface area contributed by atoms with Crippen LogP contribution in [0.2, 0.25) is 0 Å². The highest BCUT2D eigenvalue weighted by Gasteiger charge is 2.21. The predicted molar refractivity (Wildman–Crippen MR) is 73.2 cm³/mol. The maximum atomic E-state index is 10.9. The predicted octanol–water partition coefficient (Wildman–Crippen LogP) is 3.09. The van der Waals surface area contributed by atoms with Gasteiger partial charge in [-0.25, -0.2) is 9.78 Å². The van der Waals surface area contributed by atoms with Gasteiger partial charge in [0, 0.05) is 18.5 Å². The van der Waals surface area contributed by atoms with Crippen molar-refractivity contribution in [2.24, 2.45) is 0 Å². The first-order valence-corrected chi connectivity index (χ1v) is 7.24. The van der Waals surface area contributed by atoms with Crippen LogP contribution >= 0.6 is 23.1 Å². The Bertz CT molecular complexity index is 597. The zero-order valence-corrected chi connectivity index (χ0v) is 11.0. The van der Waals surface area contributed by atoms with Gasteiger partial charge in [-0.1, -0.05) is 0 Å². The van der Waals surface area contributed by atoms with E-state index in [0.29, 0.717) is 4.88 Å². The van der Waals surface area contributed by atoms with Gasteiger partial charge in [-0.3, -0.25) is 0 Å². The van der Waals surface area contributed by atoms with Crippen LogP contribution in [-0.4, -0.2) is 28.4 Å². The second-order valence-corrected chi connectivity index (χ2v) is 5.92. The fourth-order valence-corrected chi connectivity index (χ4v) is 3.68. The molecule has 0 unspecified atom stereocenters. The minimum atomic E-state index is -0.871. The van der Waals surface area contributed by atoms with E-state index in [4.69, 9.17) is 5.11 Å². The van der Waals surface area contributed by atoms with Crippen molar-refractivity contribution in [3.05, 3.63) is 35.3 Å². The summed E-state index contributed by atoms with van der Waals surface area (Å²) in [6.07, 6.45) is 1.78. The van der Waals surface area contributed by atoms with E-state index in [1.165, 1.54) is 11.3 Å². The SMILES string of the molecule is O=C(O)c1ccc(N2CCSc3ncccc32)s1. The standard InChI is InChI=1S/C12H10N2O2S2/c15-12(16)9-3-4-10(18-9)14-6-7-17-11-8(14)2-1-5-13-11/h1-5H,6-7H2,(H,15,16). The number of nitrogens with zero attached hydrogens (tertiary/aromatic N) is 2. The molecule has 1 N–H and O–H groups in total. The Morgan fingerprint density at radius 2 is 2.28 bits per heavy atom. The number of carbonyl (C=O) groups is 1. The van der Waals surface area contributed by atoms with Crippen LogP contribution in [0.15, 0.2) is 35.5 Å². The van der Waals surface area contributed by atoms with Gasteiger partial charge < -0.3 is 10.0 Å². The number of carboxylic acids is 1. The largest absolute Gasteiger partial charge is 0.477 e. The second-order valence-electron chi connectivity index (χ2n) is 3.77. The zero-order valence-electron chi connectivity index (χ0n) is 9.37. The number of aromatic nitrogens is 1. The van der Waals surface area contributed by atoms with E-state index in [9.17, 15) is 4.79 Å². The maximum Gasteiger partial charge on any atom is 0.345 e. The van der Waals surface area contributed by atoms with Crippen molar-refractivity contribution in [3.63, 3.8) is 0 Å². The number of rotatable bonds is 2. The lowest BCUT2D eigenvalue weighted by molar-refractivity contribution is 0.0702. The number of fused-ring (bicyclic) bond motifs is 1. The van der Waals surface area contributed by atoms with E-state index in [1.807, 2.05) is 18.2 Å². The molecule has 0 spiro atoms. The number of pyridine rings is 1. The molecule has 0 aromatic carbocycles. The summed E-state index contributed by atoms with van der Waals surface area (Å²) < 4.78 is 0. The molecule has 3 heterocycles. The maximum absolute atomic E-state index is 10.9. The van der Waals surface area contributed by atoms with Crippen LogP contribution < -0.4 is 4.90 Å². The molecular formula is C12H10N2O2S2. The molecular weight excluding hydrogens is 268 g/mol. The summed E-state index contributed by atoms with van der Waals surface area (Å²) in [7, 11) is 0. The van der Waals surface area contributed by atoms with Gasteiger partial charge in [0.2, 0.25) is 0 Å². The highest BCUT2D eigenvalue weighted by atomic mass is 32.2. The minimum absolute atomic E-state index is 0.369. The molecule has 0 bridgehead atoms. The summed E-state index contributed by atoms with van der Waals surface area (Å²) >= 11 is 3.04. The lowest BCUT2D eigenvalue weighted by Crippen LogP contribution is -2.23. The van der Waals surface area contributed by atoms with Gasteiger partial charge in [-0.05, 0) is 24.3 Å². The van der Waals surface area contributed by atoms with Gasteiger partial charge in [-0.2, -0.15) is 0 Å². The van der Waals surface area contributed by atoms with Gasteiger partial charge >= 0.3 is 5.97 Å². The molecule has 3 rings (SSSR count). The zero-order chi connectivity index (χ0) is 12.5. The molecule has 0 saturated carbocycles. The molecule has 18 heavy (non-hydrogen) atoms. The number of thioether (sulfide) groups is 1. The highest BCUT2D eigenvalue weighted by Crippen LogP contribution is 2.39. The molecule has 0 aliphatic carbocycles. The van der Waals surface area contributed by atoms with Crippen LogP contribution in [0.3, 0.4) is 0 Å². The number of hydrogen-bond donors (Lipinski definition) is 1. The van der Waals surface area contributed by atoms with Crippen LogP contribution in [-0.2, 0) is 0 Å². The van der Waals surface area contributed by atoms with Crippen molar-refractivity contribution >= 4 is 39.8 Å². The Morgan fingerprint density at radius 1 is 1.39 bits per heavy atom. The number of carboxylic acid groups (broad SMARTS) is 1. The van der Waals surface area contributed by atoms with Gasteiger partial charge in [0.1, 0.15) is 9.90 Å². The van der Waals surface area contributed by atoms with Gasteiger partial charge in [-0.15, -0.1) is 23.1 Å². The van der Waals surface area contributed by atoms with Crippen molar-refractivity contribution in [2.45, 2.75) is 5.03 Å². The van der Waals surface area contributed by atoms with Crippen LogP contribution in [0.25, 0.3) is 0 Å². The number of hydrogen-bond acceptors (Lipinski definition) is 5. The number of thiophene rings is 1. The van der Waals surface area contributed by atoms with E-state index in [1.54, 1.807) is 24.0 Å². The average molecular weight is 278 g/mol. The Hall–Kier alpha value is -1.53. The van der Waals surface area contributed by atoms with Crippen LogP contribution in [0, 0.1) is 0 Å². The van der Waals surface area contributed by atoms with Gasteiger partial charge in [0.25, 0.3) is 0 Å². The Kier molecular flexibility index (Phi) is 2.97. The second kappa shape index (κ2) is 4.62. The molecule has 1 aliphatic heterocycles. The van der Waals surface area contributed by atoms with Crippen LogP contribution in [0.4, 0.5) is 10.7 Å². The molecule has 4 nitrogen and oxygen atoms in total. The van der Waals surface area contributed by atoms with Crippen molar-refractivity contribution < 1.29 is 9.90 Å². The summed E-state index contributed by atoms with van der Waals surface area (Å²) in [4.78, 5) is 17.8. The third-order valence-electron chi connectivity index (χ3n) is 2.66. The molecule has 0 atom stereocenters. The number of aromatic carboxylic acids is 1. The monoisotopic (exact) mass is 278 g/mol. The first-order chi connectivity index (χ1) is 8.75. The minimum Gasteiger partial charge on any atom is -0.477 e. The van der Waals surface area contributed by atoms with Crippen molar-refractivity contribution in [2.75, 3.05) is 17.2 Å². The molecule has 1 aliphatic rings. The molecule has 0 radical (unpaired) electrons. The number of anilines is 2. The fourth-order valence-electron chi connectivity index (χ4n) is 1.87. The van der Waals surface area contributed by atoms with E-state index in [-0.39, 0.29) is 0 Å². The quantitative estimate of drug-likeness (QED) is 0.915. The van der Waals surface area contributed by atoms with Crippen LogP contribution in [0.1, 0.15) is 9.67 Å². The molecule has 0 fully saturated rings. The summed E-state index contributed by atoms with van der Waals surface area (Å²) in [6, 6.07) is 7.44. The smallest absolute Gasteiger partial charge is 0.345 e. The third-order valence-corrected chi connectivity index (χ3v) is 4.74. The lowest BCUT2D eigenvalue weighted by atomic mass is 10.3. The first kappa shape index (κ1) is 11.6. The van der Waals surface area contributed by atoms with Crippen molar-refractivity contribution in [3.8, 4) is 0 Å². The third kappa shape index (κ3) is 1.97. The molecule has 0 saturated heterocycles. The summed E-state index contributed by atoms with van der Waals surface area (Å²) in [5, 5.41) is 10.9. The highest BCUT2D eigenvalue weighted by molar-refractivity contribution is 7.99. The van der Waals surface area contributed by atoms with Crippen molar-refractivity contribution in [1.82, 2.24) is 4.98 Å². The van der Waals surface area contributed by atoms with Crippen LogP contribution in [0.5, 0.6) is 0 Å². The normalized spacial score (nSPS) is 14.3. The van der Waals surface area contributed by atoms with Crippen molar-refractivity contribution in [1.29, 1.82) is 0 Å². The molecule has 92 valence electrons. The summed E-state index contributed by atoms with van der Waals surface area (Å²) in [5.74, 6) is 0.0914. The molecule has 6 heteroatoms. The Balaban J connectivity index is 2.00. The molecule has 2 aromatic rings. The Labute approximate surface area is 112 Å². The van der Waals surface area contributed by atoms with Gasteiger partial charge in [0.05, 0.1) is 10.7 Å². The molecule has 2 aromatic heterocycles. The summed E-state index contributed by atoms with van der Waals surface area (Å²) in [5.41, 5.74) is 1.06. The lowest BCUT2D eigenvalue weighted by Gasteiger charge is -2.28. The molecule has 0 amide bonds. The average Bonchev–Trinajstić information content (AvgIpc) is 2.87. The summed E-state index contributed by atoms with van der Waals surface area (Å²) in [6.45, 7) is 0.878.